The fraction of sp³-hybridized carbons (Fsp3) is 0.100. The number of aromatic nitrogens is 2. The Morgan fingerprint density at radius 3 is 2.82 bits per heavy atom. The molecular weight excluding hydrogens is 326 g/mol. The first-order valence-electron chi connectivity index (χ1n) is 4.61. The third-order valence-corrected chi connectivity index (χ3v) is 3.58. The number of nitrogens with zero attached hydrogens (tertiary/aromatic N) is 2. The maximum atomic E-state index is 11.8. The van der Waals surface area contributed by atoms with Gasteiger partial charge in [0.25, 0.3) is 5.91 Å². The minimum atomic E-state index is -0.256. The van der Waals surface area contributed by atoms with E-state index in [1.807, 2.05) is 0 Å². The molecule has 0 aliphatic heterocycles. The van der Waals surface area contributed by atoms with Crippen LogP contribution in [0.4, 0.5) is 5.95 Å². The summed E-state index contributed by atoms with van der Waals surface area (Å²) in [6.07, 6.45) is 0. The van der Waals surface area contributed by atoms with Crippen molar-refractivity contribution in [3.63, 3.8) is 0 Å². The number of carbonyl (C=O) groups is 1. The van der Waals surface area contributed by atoms with E-state index in [9.17, 15) is 4.79 Å². The van der Waals surface area contributed by atoms with Crippen LogP contribution in [0, 0.1) is 6.92 Å². The molecule has 0 fully saturated rings. The Morgan fingerprint density at radius 2 is 2.24 bits per heavy atom. The molecule has 0 spiro atoms. The molecule has 17 heavy (non-hydrogen) atoms. The minimum Gasteiger partial charge on any atom is -0.290 e. The van der Waals surface area contributed by atoms with Gasteiger partial charge in [0.15, 0.2) is 0 Å². The third kappa shape index (κ3) is 3.24. The lowest BCUT2D eigenvalue weighted by atomic mass is 10.3. The fourth-order valence-electron chi connectivity index (χ4n) is 1.19. The van der Waals surface area contributed by atoms with Crippen molar-refractivity contribution in [1.29, 1.82) is 0 Å². The molecule has 2 rings (SSSR count). The van der Waals surface area contributed by atoms with Crippen molar-refractivity contribution < 1.29 is 4.79 Å². The lowest BCUT2D eigenvalue weighted by Crippen LogP contribution is -2.13. The van der Waals surface area contributed by atoms with E-state index in [1.54, 1.807) is 24.4 Å². The quantitative estimate of drug-likeness (QED) is 0.856. The Bertz CT molecular complexity index is 552. The predicted molar refractivity (Wildman–Crippen MR) is 71.8 cm³/mol. The molecule has 0 aromatic carbocycles. The highest BCUT2D eigenvalue weighted by Gasteiger charge is 2.10. The average Bonchev–Trinajstić information content (AvgIpc) is 2.63. The number of aryl methyl sites for hydroxylation is 1. The zero-order chi connectivity index (χ0) is 12.4. The summed E-state index contributed by atoms with van der Waals surface area (Å²) in [5.41, 5.74) is 1.26. The smallest absolute Gasteiger partial charge is 0.258 e. The molecule has 4 nitrogen and oxygen atoms in total. The normalized spacial score (nSPS) is 10.3. The lowest BCUT2D eigenvalue weighted by Gasteiger charge is -2.03. The number of hydrogen-bond acceptors (Lipinski definition) is 4. The second-order valence-electron chi connectivity index (χ2n) is 3.25. The summed E-state index contributed by atoms with van der Waals surface area (Å²) in [6, 6.07) is 3.36. The number of thiophene rings is 1. The van der Waals surface area contributed by atoms with Gasteiger partial charge in [-0.1, -0.05) is 11.6 Å². The molecule has 88 valence electrons. The molecule has 2 aromatic rings. The van der Waals surface area contributed by atoms with Gasteiger partial charge in [-0.15, -0.1) is 11.3 Å². The fourth-order valence-corrected chi connectivity index (χ4v) is 2.56. The van der Waals surface area contributed by atoms with Gasteiger partial charge in [0.1, 0.15) is 5.15 Å². The molecule has 2 heterocycles. The van der Waals surface area contributed by atoms with Crippen LogP contribution in [-0.4, -0.2) is 15.9 Å². The number of rotatable bonds is 2. The van der Waals surface area contributed by atoms with Crippen LogP contribution in [0.3, 0.4) is 0 Å². The van der Waals surface area contributed by atoms with Crippen molar-refractivity contribution in [1.82, 2.24) is 9.97 Å². The second-order valence-corrected chi connectivity index (χ2v) is 5.93. The van der Waals surface area contributed by atoms with Crippen LogP contribution in [0.25, 0.3) is 0 Å². The molecule has 1 amide bonds. The monoisotopic (exact) mass is 331 g/mol. The van der Waals surface area contributed by atoms with Crippen LogP contribution in [0.5, 0.6) is 0 Å². The van der Waals surface area contributed by atoms with Crippen molar-refractivity contribution in [2.24, 2.45) is 0 Å². The lowest BCUT2D eigenvalue weighted by molar-refractivity contribution is 0.102. The Morgan fingerprint density at radius 1 is 1.47 bits per heavy atom. The molecule has 0 radical (unpaired) electrons. The van der Waals surface area contributed by atoms with E-state index in [1.165, 1.54) is 11.3 Å². The highest BCUT2D eigenvalue weighted by molar-refractivity contribution is 9.11. The van der Waals surface area contributed by atoms with Crippen molar-refractivity contribution in [3.8, 4) is 0 Å². The van der Waals surface area contributed by atoms with Gasteiger partial charge in [0.2, 0.25) is 5.95 Å². The third-order valence-electron chi connectivity index (χ3n) is 1.88. The molecule has 0 unspecified atom stereocenters. The Kier molecular flexibility index (Phi) is 3.76. The first-order valence-corrected chi connectivity index (χ1v) is 6.66. The van der Waals surface area contributed by atoms with Crippen LogP contribution >= 0.6 is 38.9 Å². The van der Waals surface area contributed by atoms with Gasteiger partial charge >= 0.3 is 0 Å². The summed E-state index contributed by atoms with van der Waals surface area (Å²) in [5.74, 6) is -0.0454. The maximum Gasteiger partial charge on any atom is 0.258 e. The summed E-state index contributed by atoms with van der Waals surface area (Å²) in [6.45, 7) is 1.78. The number of carbonyl (C=O) groups excluding carboxylic acids is 1. The number of hydrogen-bond donors (Lipinski definition) is 1. The summed E-state index contributed by atoms with van der Waals surface area (Å²) in [5, 5.41) is 4.65. The van der Waals surface area contributed by atoms with E-state index in [4.69, 9.17) is 11.6 Å². The molecule has 7 heteroatoms. The number of nitrogens with one attached hydrogen (secondary N) is 1. The van der Waals surface area contributed by atoms with Crippen LogP contribution in [-0.2, 0) is 0 Å². The largest absolute Gasteiger partial charge is 0.290 e. The average molecular weight is 333 g/mol. The first kappa shape index (κ1) is 12.5. The van der Waals surface area contributed by atoms with E-state index < -0.39 is 0 Å². The van der Waals surface area contributed by atoms with Crippen molar-refractivity contribution in [2.75, 3.05) is 5.32 Å². The summed E-state index contributed by atoms with van der Waals surface area (Å²) >= 11 is 10.5. The second kappa shape index (κ2) is 5.12. The topological polar surface area (TPSA) is 54.9 Å². The molecule has 0 aliphatic carbocycles. The van der Waals surface area contributed by atoms with Crippen molar-refractivity contribution in [2.45, 2.75) is 6.92 Å². The molecule has 2 aromatic heterocycles. The SMILES string of the molecule is Cc1cc(Cl)nc(NC(=O)c2csc(Br)c2)n1. The van der Waals surface area contributed by atoms with E-state index in [0.29, 0.717) is 16.4 Å². The van der Waals surface area contributed by atoms with Gasteiger partial charge < -0.3 is 0 Å². The summed E-state index contributed by atoms with van der Waals surface area (Å²) in [4.78, 5) is 19.8. The molecule has 0 aliphatic rings. The molecule has 0 saturated heterocycles. The van der Waals surface area contributed by atoms with Crippen LogP contribution in [0.2, 0.25) is 5.15 Å². The van der Waals surface area contributed by atoms with E-state index in [0.717, 1.165) is 3.79 Å². The van der Waals surface area contributed by atoms with Gasteiger partial charge in [-0.25, -0.2) is 9.97 Å². The Labute approximate surface area is 115 Å². The van der Waals surface area contributed by atoms with E-state index >= 15 is 0 Å². The van der Waals surface area contributed by atoms with Crippen molar-refractivity contribution in [3.05, 3.63) is 37.7 Å². The van der Waals surface area contributed by atoms with Gasteiger partial charge in [-0.3, -0.25) is 10.1 Å². The van der Waals surface area contributed by atoms with Crippen LogP contribution in [0.15, 0.2) is 21.3 Å². The van der Waals surface area contributed by atoms with E-state index in [2.05, 4.69) is 31.2 Å². The molecule has 0 saturated carbocycles. The Hall–Kier alpha value is -0.980. The summed E-state index contributed by atoms with van der Waals surface area (Å²) < 4.78 is 0.894. The first-order chi connectivity index (χ1) is 8.04. The number of anilines is 1. The standard InChI is InChI=1S/C10H7BrClN3OS/c1-5-2-8(12)14-10(13-5)15-9(16)6-3-7(11)17-4-6/h2-4H,1H3,(H,13,14,15,16). The van der Waals surface area contributed by atoms with Gasteiger partial charge in [-0.05, 0) is 35.0 Å². The molecule has 1 N–H and O–H groups in total. The highest BCUT2D eigenvalue weighted by atomic mass is 79.9. The van der Waals surface area contributed by atoms with Crippen molar-refractivity contribution >= 4 is 50.7 Å². The van der Waals surface area contributed by atoms with Gasteiger partial charge in [-0.2, -0.15) is 0 Å². The molecule has 0 atom stereocenters. The number of halogens is 2. The Balaban J connectivity index is 2.18. The zero-order valence-electron chi connectivity index (χ0n) is 8.70. The highest BCUT2D eigenvalue weighted by Crippen LogP contribution is 2.21. The number of amides is 1. The van der Waals surface area contributed by atoms with Crippen LogP contribution < -0.4 is 5.32 Å². The minimum absolute atomic E-state index is 0.210. The van der Waals surface area contributed by atoms with Gasteiger partial charge in [0.05, 0.1) is 9.35 Å². The molecular formula is C10H7BrClN3OS. The van der Waals surface area contributed by atoms with Crippen LogP contribution in [0.1, 0.15) is 16.1 Å². The predicted octanol–water partition coefficient (Wildman–Crippen LogP) is 3.51. The molecule has 0 bridgehead atoms. The van der Waals surface area contributed by atoms with Gasteiger partial charge in [0, 0.05) is 11.1 Å². The summed E-state index contributed by atoms with van der Waals surface area (Å²) in [7, 11) is 0. The maximum absolute atomic E-state index is 11.8. The zero-order valence-corrected chi connectivity index (χ0v) is 11.9. The van der Waals surface area contributed by atoms with E-state index in [-0.39, 0.29) is 11.9 Å².